The molecule has 0 fully saturated rings. The molecule has 0 heterocycles. The molecule has 0 aliphatic rings. The van der Waals surface area contributed by atoms with Crippen LogP contribution in [0.5, 0.6) is 0 Å². The molecule has 10 heavy (non-hydrogen) atoms. The highest BCUT2D eigenvalue weighted by atomic mass is 35.5. The normalized spacial score (nSPS) is 5.20. The van der Waals surface area contributed by atoms with Crippen LogP contribution in [0.3, 0.4) is 0 Å². The fraction of sp³-hybridized carbons (Fsp3) is 0.500. The van der Waals surface area contributed by atoms with E-state index in [-0.39, 0.29) is 24.8 Å². The molecule has 64 valence electrons. The second-order valence-corrected chi connectivity index (χ2v) is 2.41. The molecule has 0 bridgehead atoms. The average molecular weight is 183 g/mol. The molecule has 0 radical (unpaired) electrons. The Kier molecular flexibility index (Phi) is 36.0. The minimum Gasteiger partial charge on any atom is -1.00 e. The number of hydrogen-bond donors (Lipinski definition) is 0. The highest BCUT2D eigenvalue weighted by Gasteiger charge is 1.52. The van der Waals surface area contributed by atoms with Gasteiger partial charge in [-0.15, -0.1) is 13.2 Å². The Hall–Kier alpha value is 0.0600. The SMILES string of the molecule is C=C(C)C.C=C(C)C.[Cl-].[Cl-]. The Labute approximate surface area is 77.2 Å². The van der Waals surface area contributed by atoms with E-state index in [1.807, 2.05) is 27.7 Å². The third-order valence-corrected chi connectivity index (χ3v) is 0. The highest BCUT2D eigenvalue weighted by molar-refractivity contribution is 4.79. The van der Waals surface area contributed by atoms with Gasteiger partial charge in [-0.05, 0) is 27.7 Å². The van der Waals surface area contributed by atoms with Gasteiger partial charge in [0.05, 0.1) is 0 Å². The lowest BCUT2D eigenvalue weighted by Gasteiger charge is -1.65. The summed E-state index contributed by atoms with van der Waals surface area (Å²) in [4.78, 5) is 0. The zero-order valence-electron chi connectivity index (χ0n) is 7.17. The lowest BCUT2D eigenvalue weighted by Crippen LogP contribution is -3.00. The van der Waals surface area contributed by atoms with Crippen molar-refractivity contribution in [3.63, 3.8) is 0 Å². The van der Waals surface area contributed by atoms with Gasteiger partial charge in [-0.25, -0.2) is 0 Å². The molecule has 0 aliphatic heterocycles. The Bertz CT molecular complexity index is 65.3. The quantitative estimate of drug-likeness (QED) is 0.355. The zero-order chi connectivity index (χ0) is 7.15. The standard InChI is InChI=1S/2C4H8.2ClH/c2*1-4(2)3;;/h2*1H2,2-3H3;2*1H/p-2. The average Bonchev–Trinajstić information content (AvgIpc) is 1.25. The summed E-state index contributed by atoms with van der Waals surface area (Å²) in [5.74, 6) is 0. The first-order chi connectivity index (χ1) is 3.46. The molecule has 0 aromatic heterocycles. The molecule has 0 atom stereocenters. The fourth-order valence-electron chi connectivity index (χ4n) is 0. The lowest BCUT2D eigenvalue weighted by atomic mass is 10.4. The molecular weight excluding hydrogens is 167 g/mol. The summed E-state index contributed by atoms with van der Waals surface area (Å²) in [5, 5.41) is 0. The van der Waals surface area contributed by atoms with E-state index < -0.39 is 0 Å². The molecule has 0 amide bonds. The monoisotopic (exact) mass is 182 g/mol. The Morgan fingerprint density at radius 3 is 0.700 bits per heavy atom. The van der Waals surface area contributed by atoms with Gasteiger partial charge in [-0.3, -0.25) is 0 Å². The number of allylic oxidation sites excluding steroid dienone is 2. The van der Waals surface area contributed by atoms with Crippen molar-refractivity contribution in [2.24, 2.45) is 0 Å². The van der Waals surface area contributed by atoms with Crippen LogP contribution in [0.1, 0.15) is 27.7 Å². The van der Waals surface area contributed by atoms with E-state index in [4.69, 9.17) is 0 Å². The van der Waals surface area contributed by atoms with E-state index in [9.17, 15) is 0 Å². The molecule has 2 heteroatoms. The Balaban J connectivity index is -0.0000000300. The van der Waals surface area contributed by atoms with Crippen molar-refractivity contribution in [2.45, 2.75) is 27.7 Å². The second-order valence-electron chi connectivity index (χ2n) is 2.41. The minimum atomic E-state index is 0. The van der Waals surface area contributed by atoms with Gasteiger partial charge in [0.2, 0.25) is 0 Å². The maximum atomic E-state index is 3.56. The molecular formula is C8H16Cl2-2. The van der Waals surface area contributed by atoms with Crippen molar-refractivity contribution < 1.29 is 24.8 Å². The summed E-state index contributed by atoms with van der Waals surface area (Å²) >= 11 is 0. The zero-order valence-corrected chi connectivity index (χ0v) is 8.68. The molecule has 0 aromatic rings. The van der Waals surface area contributed by atoms with Gasteiger partial charge in [0.1, 0.15) is 0 Å². The van der Waals surface area contributed by atoms with E-state index in [1.165, 1.54) is 11.1 Å². The maximum Gasteiger partial charge on any atom is -0.0445 e. The van der Waals surface area contributed by atoms with Gasteiger partial charge in [-0.2, -0.15) is 0 Å². The molecule has 0 aromatic carbocycles. The number of hydrogen-bond acceptors (Lipinski definition) is 0. The van der Waals surface area contributed by atoms with Crippen LogP contribution in [-0.4, -0.2) is 0 Å². The topological polar surface area (TPSA) is 0 Å². The molecule has 0 nitrogen and oxygen atoms in total. The van der Waals surface area contributed by atoms with E-state index in [0.717, 1.165) is 0 Å². The van der Waals surface area contributed by atoms with Crippen molar-refractivity contribution in [1.82, 2.24) is 0 Å². The Morgan fingerprint density at radius 1 is 0.700 bits per heavy atom. The van der Waals surface area contributed by atoms with E-state index >= 15 is 0 Å². The van der Waals surface area contributed by atoms with Crippen LogP contribution in [0.4, 0.5) is 0 Å². The molecule has 0 rings (SSSR count). The van der Waals surface area contributed by atoms with Crippen LogP contribution in [-0.2, 0) is 0 Å². The van der Waals surface area contributed by atoms with Gasteiger partial charge >= 0.3 is 0 Å². The van der Waals surface area contributed by atoms with Gasteiger partial charge in [0, 0.05) is 0 Å². The second kappa shape index (κ2) is 16.0. The molecule has 0 saturated heterocycles. The van der Waals surface area contributed by atoms with E-state index in [0.29, 0.717) is 0 Å². The first-order valence-corrected chi connectivity index (χ1v) is 2.71. The van der Waals surface area contributed by atoms with Crippen LogP contribution in [0.2, 0.25) is 0 Å². The lowest BCUT2D eigenvalue weighted by molar-refractivity contribution is -0.00100. The third kappa shape index (κ3) is 112000. The summed E-state index contributed by atoms with van der Waals surface area (Å²) in [7, 11) is 0. The predicted molar refractivity (Wildman–Crippen MR) is 41.0 cm³/mol. The minimum absolute atomic E-state index is 0. The first kappa shape index (κ1) is 22.5. The van der Waals surface area contributed by atoms with Crippen LogP contribution in [0.25, 0.3) is 0 Å². The third-order valence-electron chi connectivity index (χ3n) is 0. The van der Waals surface area contributed by atoms with Crippen molar-refractivity contribution in [2.75, 3.05) is 0 Å². The van der Waals surface area contributed by atoms with Crippen LogP contribution >= 0.6 is 0 Å². The van der Waals surface area contributed by atoms with Crippen LogP contribution in [0.15, 0.2) is 24.3 Å². The molecule has 0 unspecified atom stereocenters. The molecule has 0 spiro atoms. The largest absolute Gasteiger partial charge is 1.00 e. The van der Waals surface area contributed by atoms with Crippen LogP contribution in [0, 0.1) is 0 Å². The smallest absolute Gasteiger partial charge is 0.0445 e. The Morgan fingerprint density at radius 2 is 0.700 bits per heavy atom. The van der Waals surface area contributed by atoms with Crippen LogP contribution < -0.4 is 24.8 Å². The van der Waals surface area contributed by atoms with E-state index in [2.05, 4.69) is 13.2 Å². The molecule has 0 N–H and O–H groups in total. The van der Waals surface area contributed by atoms with Gasteiger partial charge < -0.3 is 24.8 Å². The van der Waals surface area contributed by atoms with Crippen molar-refractivity contribution in [1.29, 1.82) is 0 Å². The summed E-state index contributed by atoms with van der Waals surface area (Å²) in [6.45, 7) is 15.0. The van der Waals surface area contributed by atoms with Gasteiger partial charge in [0.25, 0.3) is 0 Å². The summed E-state index contributed by atoms with van der Waals surface area (Å²) < 4.78 is 0. The van der Waals surface area contributed by atoms with Gasteiger partial charge in [0.15, 0.2) is 0 Å². The highest BCUT2D eigenvalue weighted by Crippen LogP contribution is 1.74. The van der Waals surface area contributed by atoms with Crippen molar-refractivity contribution in [3.05, 3.63) is 24.3 Å². The van der Waals surface area contributed by atoms with Gasteiger partial charge in [-0.1, -0.05) is 11.1 Å². The summed E-state index contributed by atoms with van der Waals surface area (Å²) in [5.41, 5.74) is 2.33. The molecule has 0 saturated carbocycles. The maximum absolute atomic E-state index is 3.56. The molecule has 0 aliphatic carbocycles. The first-order valence-electron chi connectivity index (χ1n) is 2.71. The summed E-state index contributed by atoms with van der Waals surface area (Å²) in [6, 6.07) is 0. The van der Waals surface area contributed by atoms with E-state index in [1.54, 1.807) is 0 Å². The number of rotatable bonds is 0. The summed E-state index contributed by atoms with van der Waals surface area (Å²) in [6.07, 6.45) is 0. The predicted octanol–water partition coefficient (Wildman–Crippen LogP) is -2.83. The number of halogens is 2. The van der Waals surface area contributed by atoms with Crippen molar-refractivity contribution >= 4 is 0 Å². The van der Waals surface area contributed by atoms with Crippen molar-refractivity contribution in [3.8, 4) is 0 Å². The fourth-order valence-corrected chi connectivity index (χ4v) is 0.